The van der Waals surface area contributed by atoms with Gasteiger partial charge in [-0.1, -0.05) is 50.0 Å². The molecule has 0 spiro atoms. The molecular formula is C15H23Cl2NO. The fraction of sp³-hybridized carbons (Fsp3) is 0.600. The zero-order valence-electron chi connectivity index (χ0n) is 12.1. The quantitative estimate of drug-likeness (QED) is 0.777. The minimum Gasteiger partial charge on any atom is -0.376 e. The van der Waals surface area contributed by atoms with E-state index in [0.29, 0.717) is 10.0 Å². The number of halogens is 2. The van der Waals surface area contributed by atoms with E-state index in [9.17, 15) is 0 Å². The summed E-state index contributed by atoms with van der Waals surface area (Å²) in [6, 6.07) is 5.89. The van der Waals surface area contributed by atoms with Gasteiger partial charge >= 0.3 is 0 Å². The summed E-state index contributed by atoms with van der Waals surface area (Å²) in [5, 5.41) is 4.68. The predicted molar refractivity (Wildman–Crippen MR) is 83.2 cm³/mol. The molecule has 1 N–H and O–H groups in total. The lowest BCUT2D eigenvalue weighted by molar-refractivity contribution is -0.0482. The highest BCUT2D eigenvalue weighted by molar-refractivity contribution is 6.42. The molecule has 0 fully saturated rings. The van der Waals surface area contributed by atoms with Gasteiger partial charge in [0.05, 0.1) is 21.7 Å². The Morgan fingerprint density at radius 1 is 1.16 bits per heavy atom. The van der Waals surface area contributed by atoms with Gasteiger partial charge in [-0.15, -0.1) is 0 Å². The van der Waals surface area contributed by atoms with Crippen molar-refractivity contribution in [3.63, 3.8) is 0 Å². The van der Waals surface area contributed by atoms with Crippen LogP contribution in [0.2, 0.25) is 10.0 Å². The van der Waals surface area contributed by atoms with Crippen molar-refractivity contribution in [1.82, 2.24) is 5.32 Å². The number of hydrogen-bond donors (Lipinski definition) is 1. The van der Waals surface area contributed by atoms with E-state index in [1.165, 1.54) is 0 Å². The van der Waals surface area contributed by atoms with Crippen molar-refractivity contribution in [2.45, 2.75) is 45.3 Å². The van der Waals surface area contributed by atoms with Crippen molar-refractivity contribution in [3.8, 4) is 0 Å². The van der Waals surface area contributed by atoms with E-state index in [4.69, 9.17) is 27.9 Å². The van der Waals surface area contributed by atoms with E-state index >= 15 is 0 Å². The molecule has 0 aliphatic carbocycles. The third-order valence-corrected chi connectivity index (χ3v) is 4.55. The normalized spacial score (nSPS) is 13.6. The van der Waals surface area contributed by atoms with Crippen LogP contribution in [0.5, 0.6) is 0 Å². The molecule has 4 heteroatoms. The van der Waals surface area contributed by atoms with E-state index in [0.717, 1.165) is 24.9 Å². The average Bonchev–Trinajstić information content (AvgIpc) is 2.43. The number of methoxy groups -OCH3 is 1. The maximum Gasteiger partial charge on any atom is 0.0867 e. The van der Waals surface area contributed by atoms with Crippen LogP contribution in [0.1, 0.15) is 45.2 Å². The fourth-order valence-electron chi connectivity index (χ4n) is 2.57. The smallest absolute Gasteiger partial charge is 0.0867 e. The highest BCUT2D eigenvalue weighted by Crippen LogP contribution is 2.36. The van der Waals surface area contributed by atoms with Crippen LogP contribution in [0.3, 0.4) is 0 Å². The fourth-order valence-corrected chi connectivity index (χ4v) is 2.87. The Morgan fingerprint density at radius 3 is 2.21 bits per heavy atom. The molecule has 0 amide bonds. The Balaban J connectivity index is 3.21. The van der Waals surface area contributed by atoms with Crippen molar-refractivity contribution in [2.75, 3.05) is 13.7 Å². The van der Waals surface area contributed by atoms with Crippen molar-refractivity contribution in [2.24, 2.45) is 0 Å². The molecule has 0 saturated carbocycles. The molecule has 0 heterocycles. The third kappa shape index (κ3) is 3.63. The van der Waals surface area contributed by atoms with Crippen LogP contribution in [0.25, 0.3) is 0 Å². The number of hydrogen-bond acceptors (Lipinski definition) is 2. The molecule has 1 rings (SSSR count). The van der Waals surface area contributed by atoms with Crippen LogP contribution in [-0.2, 0) is 4.74 Å². The van der Waals surface area contributed by atoms with Gasteiger partial charge in [0, 0.05) is 7.11 Å². The summed E-state index contributed by atoms with van der Waals surface area (Å²) >= 11 is 12.1. The SMILES string of the molecule is CCNC(c1ccc(Cl)c(Cl)c1)C(CC)(CC)OC. The Labute approximate surface area is 126 Å². The zero-order chi connectivity index (χ0) is 14.5. The second-order valence-electron chi connectivity index (χ2n) is 4.64. The summed E-state index contributed by atoms with van der Waals surface area (Å²) in [5.74, 6) is 0. The van der Waals surface area contributed by atoms with Crippen molar-refractivity contribution >= 4 is 23.2 Å². The molecule has 0 bridgehead atoms. The maximum atomic E-state index is 6.14. The van der Waals surface area contributed by atoms with Gasteiger partial charge in [-0.3, -0.25) is 0 Å². The van der Waals surface area contributed by atoms with E-state index in [1.807, 2.05) is 18.2 Å². The highest BCUT2D eigenvalue weighted by Gasteiger charge is 2.36. The zero-order valence-corrected chi connectivity index (χ0v) is 13.6. The number of likely N-dealkylation sites (N-methyl/N-ethyl adjacent to an activating group) is 1. The van der Waals surface area contributed by atoms with E-state index in [-0.39, 0.29) is 11.6 Å². The summed E-state index contributed by atoms with van der Waals surface area (Å²) in [6.45, 7) is 7.26. The monoisotopic (exact) mass is 303 g/mol. The summed E-state index contributed by atoms with van der Waals surface area (Å²) in [5.41, 5.74) is 0.884. The lowest BCUT2D eigenvalue weighted by atomic mass is 9.83. The summed E-state index contributed by atoms with van der Waals surface area (Å²) < 4.78 is 5.84. The average molecular weight is 304 g/mol. The molecule has 108 valence electrons. The Bertz CT molecular complexity index is 397. The molecule has 0 saturated heterocycles. The van der Waals surface area contributed by atoms with Crippen LogP contribution in [0.4, 0.5) is 0 Å². The summed E-state index contributed by atoms with van der Waals surface area (Å²) in [7, 11) is 1.77. The molecule has 19 heavy (non-hydrogen) atoms. The molecule has 0 aliphatic rings. The minimum absolute atomic E-state index is 0.104. The van der Waals surface area contributed by atoms with Gasteiger partial charge in [0.25, 0.3) is 0 Å². The van der Waals surface area contributed by atoms with Gasteiger partial charge < -0.3 is 10.1 Å². The summed E-state index contributed by atoms with van der Waals surface area (Å²) in [6.07, 6.45) is 1.86. The number of nitrogens with one attached hydrogen (secondary N) is 1. The van der Waals surface area contributed by atoms with E-state index < -0.39 is 0 Å². The van der Waals surface area contributed by atoms with Crippen LogP contribution in [0, 0.1) is 0 Å². The first-order valence-corrected chi connectivity index (χ1v) is 7.53. The minimum atomic E-state index is -0.229. The molecule has 1 atom stereocenters. The van der Waals surface area contributed by atoms with Gasteiger partial charge in [-0.25, -0.2) is 0 Å². The van der Waals surface area contributed by atoms with Gasteiger partial charge in [-0.2, -0.15) is 0 Å². The standard InChI is InChI=1S/C15H23Cl2NO/c1-5-15(6-2,19-4)14(18-7-3)11-8-9-12(16)13(17)10-11/h8-10,14,18H,5-7H2,1-4H3. The van der Waals surface area contributed by atoms with Crippen LogP contribution in [0.15, 0.2) is 18.2 Å². The maximum absolute atomic E-state index is 6.14. The van der Waals surface area contributed by atoms with Crippen molar-refractivity contribution in [1.29, 1.82) is 0 Å². The Kier molecular flexibility index (Phi) is 6.61. The molecule has 0 radical (unpaired) electrons. The summed E-state index contributed by atoms with van der Waals surface area (Å²) in [4.78, 5) is 0. The molecule has 2 nitrogen and oxygen atoms in total. The largest absolute Gasteiger partial charge is 0.376 e. The second kappa shape index (κ2) is 7.49. The molecule has 0 aromatic heterocycles. The topological polar surface area (TPSA) is 21.3 Å². The molecule has 0 aliphatic heterocycles. The van der Waals surface area contributed by atoms with Gasteiger partial charge in [-0.05, 0) is 37.1 Å². The molecule has 1 unspecified atom stereocenters. The first-order chi connectivity index (χ1) is 9.04. The first-order valence-electron chi connectivity index (χ1n) is 6.78. The Hall–Kier alpha value is -0.280. The number of benzene rings is 1. The third-order valence-electron chi connectivity index (χ3n) is 3.81. The predicted octanol–water partition coefficient (Wildman–Crippen LogP) is 4.85. The number of ether oxygens (including phenoxy) is 1. The first kappa shape index (κ1) is 16.8. The van der Waals surface area contributed by atoms with Gasteiger partial charge in [0.1, 0.15) is 0 Å². The second-order valence-corrected chi connectivity index (χ2v) is 5.45. The van der Waals surface area contributed by atoms with Crippen molar-refractivity contribution in [3.05, 3.63) is 33.8 Å². The number of rotatable bonds is 7. The van der Waals surface area contributed by atoms with Crippen LogP contribution >= 0.6 is 23.2 Å². The van der Waals surface area contributed by atoms with E-state index in [1.54, 1.807) is 7.11 Å². The molecule has 1 aromatic carbocycles. The Morgan fingerprint density at radius 2 is 1.79 bits per heavy atom. The lowest BCUT2D eigenvalue weighted by Crippen LogP contribution is -2.44. The van der Waals surface area contributed by atoms with Gasteiger partial charge in [0.2, 0.25) is 0 Å². The van der Waals surface area contributed by atoms with E-state index in [2.05, 4.69) is 26.1 Å². The highest BCUT2D eigenvalue weighted by atomic mass is 35.5. The van der Waals surface area contributed by atoms with Crippen molar-refractivity contribution < 1.29 is 4.74 Å². The van der Waals surface area contributed by atoms with Gasteiger partial charge in [0.15, 0.2) is 0 Å². The van der Waals surface area contributed by atoms with Crippen LogP contribution < -0.4 is 5.32 Å². The molecular weight excluding hydrogens is 281 g/mol. The molecule has 1 aromatic rings. The lowest BCUT2D eigenvalue weighted by Gasteiger charge is -2.39. The van der Waals surface area contributed by atoms with Crippen LogP contribution in [-0.4, -0.2) is 19.3 Å².